The molecule has 1 aromatic rings. The van der Waals surface area contributed by atoms with Crippen molar-refractivity contribution in [1.82, 2.24) is 4.90 Å². The first-order chi connectivity index (χ1) is 8.77. The Balaban J connectivity index is 0.00000200. The lowest BCUT2D eigenvalue weighted by atomic mass is 10.1. The Morgan fingerprint density at radius 1 is 1.35 bits per heavy atom. The van der Waals surface area contributed by atoms with Crippen LogP contribution in [0.15, 0.2) is 18.2 Å². The minimum Gasteiger partial charge on any atom is -0.337 e. The minimum absolute atomic E-state index is 0. The lowest BCUT2D eigenvalue weighted by molar-refractivity contribution is -0.137. The molecule has 3 nitrogen and oxygen atoms in total. The van der Waals surface area contributed by atoms with Gasteiger partial charge in [-0.25, -0.2) is 0 Å². The van der Waals surface area contributed by atoms with E-state index in [1.165, 1.54) is 11.0 Å². The summed E-state index contributed by atoms with van der Waals surface area (Å²) in [6.45, 7) is 0.887. The molecule has 0 saturated carbocycles. The topological polar surface area (TPSA) is 46.3 Å². The highest BCUT2D eigenvalue weighted by molar-refractivity contribution is 14.1. The molecule has 1 aliphatic rings. The second-order valence-electron chi connectivity index (χ2n) is 4.53. The smallest absolute Gasteiger partial charge is 0.337 e. The van der Waals surface area contributed by atoms with Crippen molar-refractivity contribution in [2.75, 3.05) is 13.1 Å². The molecule has 20 heavy (non-hydrogen) atoms. The Bertz CT molecular complexity index is 510. The SMILES string of the molecule is Cl.N[C@@H]1CCN(C(=O)c2cc(I)cc(C(F)(F)F)c2)C1. The molecular formula is C12H13ClF3IN2O. The van der Waals surface area contributed by atoms with Gasteiger partial charge in [0.15, 0.2) is 0 Å². The van der Waals surface area contributed by atoms with Crippen LogP contribution in [-0.2, 0) is 6.18 Å². The van der Waals surface area contributed by atoms with Crippen molar-refractivity contribution in [3.8, 4) is 0 Å². The Hall–Kier alpha value is -0.540. The summed E-state index contributed by atoms with van der Waals surface area (Å²) in [7, 11) is 0. The quantitative estimate of drug-likeness (QED) is 0.710. The van der Waals surface area contributed by atoms with Crippen LogP contribution < -0.4 is 5.73 Å². The van der Waals surface area contributed by atoms with E-state index in [0.717, 1.165) is 12.1 Å². The van der Waals surface area contributed by atoms with Crippen molar-refractivity contribution in [3.05, 3.63) is 32.9 Å². The van der Waals surface area contributed by atoms with Gasteiger partial charge in [0.1, 0.15) is 0 Å². The highest BCUT2D eigenvalue weighted by Crippen LogP contribution is 2.31. The molecule has 0 bridgehead atoms. The van der Waals surface area contributed by atoms with Crippen LogP contribution in [0, 0.1) is 3.57 Å². The summed E-state index contributed by atoms with van der Waals surface area (Å²) in [6, 6.07) is 3.29. The lowest BCUT2D eigenvalue weighted by Crippen LogP contribution is -2.32. The van der Waals surface area contributed by atoms with E-state index >= 15 is 0 Å². The van der Waals surface area contributed by atoms with Crippen LogP contribution in [0.3, 0.4) is 0 Å². The molecule has 0 unspecified atom stereocenters. The molecule has 112 valence electrons. The Kier molecular flexibility index (Phi) is 5.68. The van der Waals surface area contributed by atoms with Gasteiger partial charge in [0, 0.05) is 28.3 Å². The summed E-state index contributed by atoms with van der Waals surface area (Å²) in [6.07, 6.45) is -3.76. The number of alkyl halides is 3. The third kappa shape index (κ3) is 3.98. The molecule has 8 heteroatoms. The molecular weight excluding hydrogens is 407 g/mol. The number of likely N-dealkylation sites (tertiary alicyclic amines) is 1. The summed E-state index contributed by atoms with van der Waals surface area (Å²) >= 11 is 1.78. The number of carbonyl (C=O) groups excluding carboxylic acids is 1. The summed E-state index contributed by atoms with van der Waals surface area (Å²) in [5.41, 5.74) is 4.96. The molecule has 1 fully saturated rings. The third-order valence-corrected chi connectivity index (χ3v) is 3.61. The summed E-state index contributed by atoms with van der Waals surface area (Å²) in [5.74, 6) is -0.392. The van der Waals surface area contributed by atoms with E-state index in [2.05, 4.69) is 0 Å². The first kappa shape index (κ1) is 17.5. The zero-order valence-electron chi connectivity index (χ0n) is 10.3. The average Bonchev–Trinajstić information content (AvgIpc) is 2.73. The van der Waals surface area contributed by atoms with Gasteiger partial charge in [-0.1, -0.05) is 0 Å². The summed E-state index contributed by atoms with van der Waals surface area (Å²) < 4.78 is 38.5. The van der Waals surface area contributed by atoms with Crippen molar-refractivity contribution in [3.63, 3.8) is 0 Å². The van der Waals surface area contributed by atoms with E-state index in [-0.39, 0.29) is 24.0 Å². The van der Waals surface area contributed by atoms with Gasteiger partial charge >= 0.3 is 6.18 Å². The van der Waals surface area contributed by atoms with E-state index in [1.54, 1.807) is 22.6 Å². The molecule has 1 aromatic carbocycles. The van der Waals surface area contributed by atoms with Gasteiger partial charge in [0.05, 0.1) is 5.56 Å². The van der Waals surface area contributed by atoms with Gasteiger partial charge in [-0.2, -0.15) is 13.2 Å². The minimum atomic E-state index is -4.45. The maximum atomic E-state index is 12.7. The van der Waals surface area contributed by atoms with Crippen LogP contribution >= 0.6 is 35.0 Å². The van der Waals surface area contributed by atoms with Gasteiger partial charge in [-0.05, 0) is 47.2 Å². The number of hydrogen-bond acceptors (Lipinski definition) is 2. The van der Waals surface area contributed by atoms with E-state index in [9.17, 15) is 18.0 Å². The predicted molar refractivity (Wildman–Crippen MR) is 79.9 cm³/mol. The molecule has 0 spiro atoms. The van der Waals surface area contributed by atoms with Crippen LogP contribution in [0.5, 0.6) is 0 Å². The number of benzene rings is 1. The van der Waals surface area contributed by atoms with E-state index in [0.29, 0.717) is 23.1 Å². The fourth-order valence-corrected chi connectivity index (χ4v) is 2.70. The highest BCUT2D eigenvalue weighted by Gasteiger charge is 2.32. The summed E-state index contributed by atoms with van der Waals surface area (Å²) in [4.78, 5) is 13.6. The van der Waals surface area contributed by atoms with Crippen LogP contribution in [0.2, 0.25) is 0 Å². The number of rotatable bonds is 1. The molecule has 1 aliphatic heterocycles. The number of nitrogens with two attached hydrogens (primary N) is 1. The van der Waals surface area contributed by atoms with Crippen LogP contribution in [0.1, 0.15) is 22.3 Å². The number of amides is 1. The van der Waals surface area contributed by atoms with Crippen molar-refractivity contribution >= 4 is 40.9 Å². The third-order valence-electron chi connectivity index (χ3n) is 2.98. The number of nitrogens with zero attached hydrogens (tertiary/aromatic N) is 1. The van der Waals surface area contributed by atoms with Crippen LogP contribution in [0.4, 0.5) is 13.2 Å². The van der Waals surface area contributed by atoms with Crippen molar-refractivity contribution < 1.29 is 18.0 Å². The van der Waals surface area contributed by atoms with Crippen molar-refractivity contribution in [1.29, 1.82) is 0 Å². The maximum absolute atomic E-state index is 12.7. The summed E-state index contributed by atoms with van der Waals surface area (Å²) in [5, 5.41) is 0. The second kappa shape index (κ2) is 6.48. The van der Waals surface area contributed by atoms with Gasteiger partial charge in [0.25, 0.3) is 5.91 Å². The van der Waals surface area contributed by atoms with E-state index in [1.807, 2.05) is 0 Å². The zero-order chi connectivity index (χ0) is 14.2. The second-order valence-corrected chi connectivity index (χ2v) is 5.77. The Morgan fingerprint density at radius 3 is 2.50 bits per heavy atom. The van der Waals surface area contributed by atoms with Crippen LogP contribution in [0.25, 0.3) is 0 Å². The molecule has 1 heterocycles. The van der Waals surface area contributed by atoms with E-state index < -0.39 is 17.6 Å². The van der Waals surface area contributed by atoms with Crippen molar-refractivity contribution in [2.45, 2.75) is 18.6 Å². The Labute approximate surface area is 134 Å². The monoisotopic (exact) mass is 420 g/mol. The fourth-order valence-electron chi connectivity index (χ4n) is 2.03. The van der Waals surface area contributed by atoms with Gasteiger partial charge in [-0.3, -0.25) is 4.79 Å². The normalized spacial score (nSPS) is 18.9. The number of hydrogen-bond donors (Lipinski definition) is 1. The van der Waals surface area contributed by atoms with Gasteiger partial charge in [0.2, 0.25) is 0 Å². The predicted octanol–water partition coefficient (Wildman–Crippen LogP) is 2.91. The largest absolute Gasteiger partial charge is 0.416 e. The molecule has 1 atom stereocenters. The van der Waals surface area contributed by atoms with Gasteiger partial charge in [-0.15, -0.1) is 12.4 Å². The molecule has 1 amide bonds. The maximum Gasteiger partial charge on any atom is 0.416 e. The molecule has 2 rings (SSSR count). The highest BCUT2D eigenvalue weighted by atomic mass is 127. The molecule has 0 aliphatic carbocycles. The van der Waals surface area contributed by atoms with Crippen molar-refractivity contribution in [2.24, 2.45) is 5.73 Å². The number of carbonyl (C=O) groups is 1. The fraction of sp³-hybridized carbons (Fsp3) is 0.417. The lowest BCUT2D eigenvalue weighted by Gasteiger charge is -2.17. The molecule has 0 aromatic heterocycles. The standard InChI is InChI=1S/C12H12F3IN2O.ClH/c13-12(14,15)8-3-7(4-9(16)5-8)11(19)18-2-1-10(17)6-18;/h3-5,10H,1-2,6,17H2;1H/t10-;/m1./s1. The first-order valence-electron chi connectivity index (χ1n) is 5.70. The molecule has 1 saturated heterocycles. The van der Waals surface area contributed by atoms with E-state index in [4.69, 9.17) is 5.73 Å². The molecule has 2 N–H and O–H groups in total. The van der Waals surface area contributed by atoms with Gasteiger partial charge < -0.3 is 10.6 Å². The molecule has 0 radical (unpaired) electrons. The average molecular weight is 421 g/mol. The zero-order valence-corrected chi connectivity index (χ0v) is 13.3. The first-order valence-corrected chi connectivity index (χ1v) is 6.78. The van der Waals surface area contributed by atoms with Crippen LogP contribution in [-0.4, -0.2) is 29.9 Å². The number of halogens is 5. The Morgan fingerprint density at radius 2 is 2.00 bits per heavy atom.